The molecular weight excluding hydrogens is 436 g/mol. The van der Waals surface area contributed by atoms with E-state index < -0.39 is 17.1 Å². The molecule has 5 nitrogen and oxygen atoms in total. The summed E-state index contributed by atoms with van der Waals surface area (Å²) in [4.78, 5) is 6.93. The Labute approximate surface area is 208 Å². The number of hydrogen-bond donors (Lipinski definition) is 1. The van der Waals surface area contributed by atoms with Gasteiger partial charge in [0.1, 0.15) is 6.04 Å². The van der Waals surface area contributed by atoms with Crippen LogP contribution in [0.1, 0.15) is 57.4 Å². The molecule has 2 spiro atoms. The van der Waals surface area contributed by atoms with Gasteiger partial charge in [0.25, 0.3) is 5.91 Å². The molecule has 3 aliphatic heterocycles. The fraction of sp³-hybridized carbons (Fsp3) is 0.400. The third-order valence-corrected chi connectivity index (χ3v) is 7.41. The van der Waals surface area contributed by atoms with Crippen molar-refractivity contribution in [1.82, 2.24) is 10.4 Å². The molecule has 3 aromatic carbocycles. The number of hydroxylamine groups is 2. The number of epoxide rings is 1. The van der Waals surface area contributed by atoms with Crippen LogP contribution in [0, 0.1) is 0 Å². The summed E-state index contributed by atoms with van der Waals surface area (Å²) >= 11 is 0. The minimum absolute atomic E-state index is 0.231. The van der Waals surface area contributed by atoms with E-state index in [9.17, 15) is 0 Å². The van der Waals surface area contributed by atoms with Crippen LogP contribution in [-0.2, 0) is 19.9 Å². The van der Waals surface area contributed by atoms with Gasteiger partial charge in [0.15, 0.2) is 11.2 Å². The minimum atomic E-state index is -1.17. The normalized spacial score (nSPS) is 31.3. The Kier molecular flexibility index (Phi) is 4.89. The predicted molar refractivity (Wildman–Crippen MR) is 135 cm³/mol. The summed E-state index contributed by atoms with van der Waals surface area (Å²) in [6.07, 6.45) is 0. The predicted octanol–water partition coefficient (Wildman–Crippen LogP) is 5.54. The van der Waals surface area contributed by atoms with Gasteiger partial charge in [-0.2, -0.15) is 5.06 Å². The van der Waals surface area contributed by atoms with Crippen LogP contribution in [0.15, 0.2) is 91.0 Å². The summed E-state index contributed by atoms with van der Waals surface area (Å²) < 4.78 is 13.9. The van der Waals surface area contributed by atoms with E-state index in [-0.39, 0.29) is 17.1 Å². The van der Waals surface area contributed by atoms with Crippen molar-refractivity contribution in [2.24, 2.45) is 0 Å². The molecule has 0 bridgehead atoms. The van der Waals surface area contributed by atoms with Gasteiger partial charge in [-0.1, -0.05) is 91.0 Å². The van der Waals surface area contributed by atoms with Crippen molar-refractivity contribution in [3.63, 3.8) is 0 Å². The molecule has 3 saturated heterocycles. The van der Waals surface area contributed by atoms with E-state index in [1.165, 1.54) is 0 Å². The lowest BCUT2D eigenvalue weighted by molar-refractivity contribution is -0.329. The van der Waals surface area contributed by atoms with Gasteiger partial charge in [-0.3, -0.25) is 5.32 Å². The summed E-state index contributed by atoms with van der Waals surface area (Å²) in [5.41, 5.74) is 1.03. The van der Waals surface area contributed by atoms with Crippen LogP contribution in [0.2, 0.25) is 0 Å². The summed E-state index contributed by atoms with van der Waals surface area (Å²) in [6, 6.07) is 31.3. The molecule has 1 N–H and O–H groups in total. The highest BCUT2D eigenvalue weighted by atomic mass is 16.9. The Balaban J connectivity index is 1.66. The SMILES string of the molecule is CC1(C)CO[C@@]2(N1)ON(C(C)(C)C)[C@@H](c1ccccc1)[C@]21OC1(c1ccccc1)c1ccccc1. The Morgan fingerprint density at radius 2 is 1.31 bits per heavy atom. The van der Waals surface area contributed by atoms with Gasteiger partial charge < -0.3 is 9.47 Å². The van der Waals surface area contributed by atoms with Crippen molar-refractivity contribution in [2.75, 3.05) is 6.61 Å². The van der Waals surface area contributed by atoms with Gasteiger partial charge in [-0.25, -0.2) is 4.84 Å². The molecule has 182 valence electrons. The lowest BCUT2D eigenvalue weighted by Crippen LogP contribution is -2.59. The molecule has 0 unspecified atom stereocenters. The second-order valence-electron chi connectivity index (χ2n) is 11.6. The molecule has 0 radical (unpaired) electrons. The van der Waals surface area contributed by atoms with Crippen LogP contribution >= 0.6 is 0 Å². The van der Waals surface area contributed by atoms with Gasteiger partial charge in [0, 0.05) is 11.1 Å². The summed E-state index contributed by atoms with van der Waals surface area (Å²) in [7, 11) is 0. The molecule has 3 heterocycles. The smallest absolute Gasteiger partial charge is 0.281 e. The average Bonchev–Trinajstić information content (AvgIpc) is 3.34. The van der Waals surface area contributed by atoms with Crippen LogP contribution < -0.4 is 5.32 Å². The first kappa shape index (κ1) is 22.9. The Morgan fingerprint density at radius 3 is 1.77 bits per heavy atom. The van der Waals surface area contributed by atoms with E-state index in [2.05, 4.69) is 118 Å². The largest absolute Gasteiger partial charge is 0.342 e. The first-order valence-electron chi connectivity index (χ1n) is 12.4. The second kappa shape index (κ2) is 7.48. The maximum Gasteiger partial charge on any atom is 0.281 e. The van der Waals surface area contributed by atoms with Gasteiger partial charge in [0.2, 0.25) is 0 Å². The molecule has 3 fully saturated rings. The topological polar surface area (TPSA) is 46.3 Å². The molecular formula is C30H34N2O3. The molecule has 35 heavy (non-hydrogen) atoms. The fourth-order valence-corrected chi connectivity index (χ4v) is 6.01. The van der Waals surface area contributed by atoms with Crippen LogP contribution in [0.25, 0.3) is 0 Å². The quantitative estimate of drug-likeness (QED) is 0.510. The molecule has 6 rings (SSSR count). The van der Waals surface area contributed by atoms with Gasteiger partial charge in [-0.15, -0.1) is 0 Å². The van der Waals surface area contributed by atoms with Crippen molar-refractivity contribution in [1.29, 1.82) is 0 Å². The molecule has 3 aliphatic rings. The first-order valence-corrected chi connectivity index (χ1v) is 12.4. The highest BCUT2D eigenvalue weighted by Crippen LogP contribution is 2.75. The van der Waals surface area contributed by atoms with E-state index in [1.807, 2.05) is 18.2 Å². The third kappa shape index (κ3) is 3.13. The van der Waals surface area contributed by atoms with Crippen molar-refractivity contribution in [2.45, 2.75) is 68.9 Å². The summed E-state index contributed by atoms with van der Waals surface area (Å²) in [6.45, 7) is 11.3. The van der Waals surface area contributed by atoms with Gasteiger partial charge >= 0.3 is 0 Å². The molecule has 3 atom stereocenters. The lowest BCUT2D eigenvalue weighted by Gasteiger charge is -2.35. The number of nitrogens with one attached hydrogen (secondary N) is 1. The lowest BCUT2D eigenvalue weighted by atomic mass is 9.73. The van der Waals surface area contributed by atoms with E-state index in [0.29, 0.717) is 6.61 Å². The van der Waals surface area contributed by atoms with Crippen molar-refractivity contribution < 1.29 is 14.3 Å². The second-order valence-corrected chi connectivity index (χ2v) is 11.6. The van der Waals surface area contributed by atoms with Crippen molar-refractivity contribution in [3.05, 3.63) is 108 Å². The number of fused-ring (bicyclic) bond motifs is 1. The zero-order chi connectivity index (χ0) is 24.5. The summed E-state index contributed by atoms with van der Waals surface area (Å²) in [5, 5.41) is 5.83. The number of rotatable bonds is 3. The van der Waals surface area contributed by atoms with Crippen LogP contribution in [0.4, 0.5) is 0 Å². The molecule has 0 saturated carbocycles. The van der Waals surface area contributed by atoms with Gasteiger partial charge in [0.05, 0.1) is 6.61 Å². The zero-order valence-electron chi connectivity index (χ0n) is 21.1. The van der Waals surface area contributed by atoms with Crippen LogP contribution in [0.3, 0.4) is 0 Å². The standard InChI is InChI=1S/C30H34N2O3/c1-26(2,3)32-25(22-15-9-6-10-16-22)29(30(35-32)31-27(4,5)21-33-30)28(34-29,23-17-11-7-12-18-23)24-19-13-8-14-20-24/h6-20,25,31H,21H2,1-5H3/t25-,29+,30+/m0/s1. The highest BCUT2D eigenvalue weighted by molar-refractivity contribution is 5.52. The zero-order valence-corrected chi connectivity index (χ0v) is 21.1. The monoisotopic (exact) mass is 470 g/mol. The maximum atomic E-state index is 7.19. The Morgan fingerprint density at radius 1 is 0.800 bits per heavy atom. The van der Waals surface area contributed by atoms with E-state index in [4.69, 9.17) is 14.3 Å². The third-order valence-electron chi connectivity index (χ3n) is 7.41. The molecule has 3 aromatic rings. The van der Waals surface area contributed by atoms with E-state index >= 15 is 0 Å². The van der Waals surface area contributed by atoms with Gasteiger partial charge in [-0.05, 0) is 51.3 Å². The van der Waals surface area contributed by atoms with E-state index in [1.54, 1.807) is 0 Å². The Bertz CT molecular complexity index is 1170. The summed E-state index contributed by atoms with van der Waals surface area (Å²) in [5.74, 6) is -1.17. The average molecular weight is 471 g/mol. The molecule has 5 heteroatoms. The number of nitrogens with zero attached hydrogens (tertiary/aromatic N) is 1. The van der Waals surface area contributed by atoms with Crippen LogP contribution in [0.5, 0.6) is 0 Å². The fourth-order valence-electron chi connectivity index (χ4n) is 6.01. The molecule has 0 amide bonds. The highest BCUT2D eigenvalue weighted by Gasteiger charge is 2.91. The van der Waals surface area contributed by atoms with Crippen molar-refractivity contribution in [3.8, 4) is 0 Å². The Hall–Kier alpha value is -2.54. The van der Waals surface area contributed by atoms with Crippen LogP contribution in [-0.4, -0.2) is 34.3 Å². The van der Waals surface area contributed by atoms with E-state index in [0.717, 1.165) is 16.7 Å². The maximum absolute atomic E-state index is 7.19. The first-order chi connectivity index (χ1) is 16.7. The molecule has 0 aromatic heterocycles. The minimum Gasteiger partial charge on any atom is -0.342 e. The molecule has 0 aliphatic carbocycles. The van der Waals surface area contributed by atoms with Crippen molar-refractivity contribution >= 4 is 0 Å². The number of benzene rings is 3. The number of ether oxygens (including phenoxy) is 2. The number of hydrogen-bond acceptors (Lipinski definition) is 5.